The second-order valence-corrected chi connectivity index (χ2v) is 5.23. The topological polar surface area (TPSA) is 81.9 Å². The number of esters is 1. The quantitative estimate of drug-likeness (QED) is 0.844. The van der Waals surface area contributed by atoms with Crippen molar-refractivity contribution in [3.8, 4) is 5.75 Å². The van der Waals surface area contributed by atoms with Crippen molar-refractivity contribution in [1.29, 1.82) is 0 Å². The van der Waals surface area contributed by atoms with Crippen LogP contribution in [0.4, 0.5) is 5.69 Å². The van der Waals surface area contributed by atoms with Crippen LogP contribution < -0.4 is 15.4 Å². The summed E-state index contributed by atoms with van der Waals surface area (Å²) in [5.74, 6) is -0.148. The van der Waals surface area contributed by atoms with Crippen molar-refractivity contribution in [2.24, 2.45) is 5.73 Å². The largest absolute Gasteiger partial charge is 0.479 e. The third-order valence-electron chi connectivity index (χ3n) is 3.12. The molecule has 0 radical (unpaired) electrons. The fourth-order valence-corrected chi connectivity index (χ4v) is 2.17. The number of nitrogens with two attached hydrogens (primary N) is 1. The van der Waals surface area contributed by atoms with Gasteiger partial charge in [0, 0.05) is 6.54 Å². The van der Waals surface area contributed by atoms with Gasteiger partial charge in [-0.2, -0.15) is 0 Å². The van der Waals surface area contributed by atoms with Crippen molar-refractivity contribution in [3.63, 3.8) is 0 Å². The molecule has 0 aromatic heterocycles. The van der Waals surface area contributed by atoms with Crippen LogP contribution in [0.5, 0.6) is 5.75 Å². The average Bonchev–Trinajstić information content (AvgIpc) is 2.42. The molecule has 2 rings (SSSR count). The van der Waals surface area contributed by atoms with E-state index >= 15 is 0 Å². The van der Waals surface area contributed by atoms with E-state index in [9.17, 15) is 9.59 Å². The fourth-order valence-electron chi connectivity index (χ4n) is 2.17. The number of fused-ring (bicyclic) bond motifs is 1. The standard InChI is InChI=1S/C15H20N2O4/c1-9(2)20-14(18)8-17-12-6-11(7-16)4-5-13(12)21-10(3)15(17)19/h4-6,9-10H,7-8,16H2,1-3H3. The summed E-state index contributed by atoms with van der Waals surface area (Å²) in [6.45, 7) is 5.40. The highest BCUT2D eigenvalue weighted by molar-refractivity contribution is 6.03. The van der Waals surface area contributed by atoms with Crippen LogP contribution in [-0.4, -0.2) is 30.6 Å². The van der Waals surface area contributed by atoms with E-state index in [4.69, 9.17) is 15.2 Å². The smallest absolute Gasteiger partial charge is 0.326 e. The van der Waals surface area contributed by atoms with Gasteiger partial charge in [-0.25, -0.2) is 0 Å². The predicted molar refractivity (Wildman–Crippen MR) is 78.0 cm³/mol. The Labute approximate surface area is 123 Å². The second-order valence-electron chi connectivity index (χ2n) is 5.23. The Balaban J connectivity index is 2.31. The minimum atomic E-state index is -0.631. The molecule has 0 aliphatic carbocycles. The fraction of sp³-hybridized carbons (Fsp3) is 0.467. The molecule has 0 spiro atoms. The van der Waals surface area contributed by atoms with E-state index in [0.29, 0.717) is 18.0 Å². The van der Waals surface area contributed by atoms with Gasteiger partial charge in [-0.1, -0.05) is 6.07 Å². The van der Waals surface area contributed by atoms with Crippen molar-refractivity contribution in [2.45, 2.75) is 39.5 Å². The van der Waals surface area contributed by atoms with Crippen molar-refractivity contribution < 1.29 is 19.1 Å². The number of anilines is 1. The number of ether oxygens (including phenoxy) is 2. The molecule has 6 heteroatoms. The number of benzene rings is 1. The van der Waals surface area contributed by atoms with Gasteiger partial charge < -0.3 is 15.2 Å². The lowest BCUT2D eigenvalue weighted by molar-refractivity contribution is -0.146. The van der Waals surface area contributed by atoms with Gasteiger partial charge in [0.25, 0.3) is 5.91 Å². The van der Waals surface area contributed by atoms with Crippen molar-refractivity contribution in [1.82, 2.24) is 0 Å². The highest BCUT2D eigenvalue weighted by Crippen LogP contribution is 2.34. The van der Waals surface area contributed by atoms with E-state index in [1.807, 2.05) is 6.07 Å². The number of rotatable bonds is 4. The monoisotopic (exact) mass is 292 g/mol. The number of amides is 1. The first-order valence-electron chi connectivity index (χ1n) is 6.93. The molecule has 1 aliphatic heterocycles. The number of carbonyl (C=O) groups is 2. The van der Waals surface area contributed by atoms with Crippen LogP contribution in [0.15, 0.2) is 18.2 Å². The molecule has 114 valence electrons. The maximum Gasteiger partial charge on any atom is 0.326 e. The van der Waals surface area contributed by atoms with E-state index in [0.717, 1.165) is 5.56 Å². The third kappa shape index (κ3) is 3.33. The van der Waals surface area contributed by atoms with E-state index in [1.165, 1.54) is 4.90 Å². The molecule has 1 amide bonds. The van der Waals surface area contributed by atoms with Crippen molar-refractivity contribution in [3.05, 3.63) is 23.8 Å². The highest BCUT2D eigenvalue weighted by atomic mass is 16.5. The van der Waals surface area contributed by atoms with Crippen molar-refractivity contribution in [2.75, 3.05) is 11.4 Å². The van der Waals surface area contributed by atoms with Crippen LogP contribution in [0.2, 0.25) is 0 Å². The zero-order chi connectivity index (χ0) is 15.6. The Bertz CT molecular complexity index is 557. The molecule has 1 atom stereocenters. The van der Waals surface area contributed by atoms with Crippen LogP contribution in [-0.2, 0) is 20.9 Å². The Morgan fingerprint density at radius 1 is 1.48 bits per heavy atom. The first-order chi connectivity index (χ1) is 9.92. The lowest BCUT2D eigenvalue weighted by Gasteiger charge is -2.32. The van der Waals surface area contributed by atoms with Crippen LogP contribution in [0, 0.1) is 0 Å². The molecule has 6 nitrogen and oxygen atoms in total. The molecule has 0 saturated heterocycles. The number of nitrogens with zero attached hydrogens (tertiary/aromatic N) is 1. The third-order valence-corrected chi connectivity index (χ3v) is 3.12. The van der Waals surface area contributed by atoms with Crippen LogP contribution in [0.1, 0.15) is 26.3 Å². The average molecular weight is 292 g/mol. The molecule has 0 bridgehead atoms. The summed E-state index contributed by atoms with van der Waals surface area (Å²) in [6, 6.07) is 5.37. The highest BCUT2D eigenvalue weighted by Gasteiger charge is 2.33. The van der Waals surface area contributed by atoms with Crippen LogP contribution in [0.3, 0.4) is 0 Å². The van der Waals surface area contributed by atoms with E-state index < -0.39 is 12.1 Å². The molecule has 21 heavy (non-hydrogen) atoms. The molecule has 1 unspecified atom stereocenters. The molecule has 1 heterocycles. The molecule has 2 N–H and O–H groups in total. The van der Waals surface area contributed by atoms with Gasteiger partial charge in [0.15, 0.2) is 6.10 Å². The molecule has 0 saturated carbocycles. The maximum atomic E-state index is 12.3. The van der Waals surface area contributed by atoms with Gasteiger partial charge in [-0.15, -0.1) is 0 Å². The Kier molecular flexibility index (Phi) is 4.47. The van der Waals surface area contributed by atoms with Gasteiger partial charge in [0.2, 0.25) is 0 Å². The van der Waals surface area contributed by atoms with Crippen LogP contribution >= 0.6 is 0 Å². The number of hydrogen-bond acceptors (Lipinski definition) is 5. The molecular formula is C15H20N2O4. The van der Waals surface area contributed by atoms with Crippen molar-refractivity contribution >= 4 is 17.6 Å². The van der Waals surface area contributed by atoms with Gasteiger partial charge in [0.1, 0.15) is 12.3 Å². The van der Waals surface area contributed by atoms with E-state index in [2.05, 4.69) is 0 Å². The summed E-state index contributed by atoms with van der Waals surface area (Å²) in [7, 11) is 0. The van der Waals surface area contributed by atoms with Gasteiger partial charge in [-0.3, -0.25) is 14.5 Å². The SMILES string of the molecule is CC(C)OC(=O)CN1C(=O)C(C)Oc2ccc(CN)cc21. The lowest BCUT2D eigenvalue weighted by atomic mass is 10.1. The number of carbonyl (C=O) groups excluding carboxylic acids is 2. The van der Waals surface area contributed by atoms with Gasteiger partial charge >= 0.3 is 5.97 Å². The minimum Gasteiger partial charge on any atom is -0.479 e. The zero-order valence-corrected chi connectivity index (χ0v) is 12.5. The summed E-state index contributed by atoms with van der Waals surface area (Å²) in [5.41, 5.74) is 7.04. The van der Waals surface area contributed by atoms with E-state index in [-0.39, 0.29) is 18.6 Å². The summed E-state index contributed by atoms with van der Waals surface area (Å²) in [6.07, 6.45) is -0.853. The normalized spacial score (nSPS) is 17.5. The molecule has 1 aromatic carbocycles. The first-order valence-corrected chi connectivity index (χ1v) is 6.93. The zero-order valence-electron chi connectivity index (χ0n) is 12.5. The molecule has 1 aromatic rings. The van der Waals surface area contributed by atoms with E-state index in [1.54, 1.807) is 32.9 Å². The predicted octanol–water partition coefficient (Wildman–Crippen LogP) is 1.21. The summed E-state index contributed by atoms with van der Waals surface area (Å²) < 4.78 is 10.7. The van der Waals surface area contributed by atoms with Crippen LogP contribution in [0.25, 0.3) is 0 Å². The lowest BCUT2D eigenvalue weighted by Crippen LogP contribution is -2.47. The Hall–Kier alpha value is -2.08. The summed E-state index contributed by atoms with van der Waals surface area (Å²) in [4.78, 5) is 25.5. The molecule has 1 aliphatic rings. The second kappa shape index (κ2) is 6.13. The molecular weight excluding hydrogens is 272 g/mol. The first kappa shape index (κ1) is 15.3. The van der Waals surface area contributed by atoms with Gasteiger partial charge in [-0.05, 0) is 38.5 Å². The Morgan fingerprint density at radius 2 is 2.19 bits per heavy atom. The molecule has 0 fully saturated rings. The maximum absolute atomic E-state index is 12.3. The summed E-state index contributed by atoms with van der Waals surface area (Å²) in [5, 5.41) is 0. The Morgan fingerprint density at radius 3 is 2.81 bits per heavy atom. The number of hydrogen-bond donors (Lipinski definition) is 1. The van der Waals surface area contributed by atoms with Gasteiger partial charge in [0.05, 0.1) is 11.8 Å². The minimum absolute atomic E-state index is 0.133. The summed E-state index contributed by atoms with van der Waals surface area (Å²) >= 11 is 0.